The van der Waals surface area contributed by atoms with E-state index in [4.69, 9.17) is 0 Å². The summed E-state index contributed by atoms with van der Waals surface area (Å²) in [5.74, 6) is -1.13. The number of hydrogen-bond donors (Lipinski definition) is 2. The van der Waals surface area contributed by atoms with Gasteiger partial charge in [-0.1, -0.05) is 32.4 Å². The fourth-order valence-electron chi connectivity index (χ4n) is 3.17. The van der Waals surface area contributed by atoms with Crippen LogP contribution in [0.4, 0.5) is 31.1 Å². The van der Waals surface area contributed by atoms with E-state index in [0.29, 0.717) is 18.6 Å². The molecule has 0 spiro atoms. The molecular formula is C22H23F6N3O3. The number of halogens is 6. The van der Waals surface area contributed by atoms with E-state index < -0.39 is 53.3 Å². The SMILES string of the molecule is CCC(C)C(NC(=O)NC(c1ccc(C(F)(F)F)cc1)c1ncccc1C(F)(F)F)C(=O)OC. The van der Waals surface area contributed by atoms with Crippen LogP contribution in [0.15, 0.2) is 42.6 Å². The van der Waals surface area contributed by atoms with Gasteiger partial charge in [0.1, 0.15) is 6.04 Å². The van der Waals surface area contributed by atoms with Gasteiger partial charge in [-0.2, -0.15) is 26.3 Å². The first-order chi connectivity index (χ1) is 15.8. The lowest BCUT2D eigenvalue weighted by molar-refractivity contribution is -0.144. The number of carbonyl (C=O) groups is 2. The number of carbonyl (C=O) groups excluding carboxylic acids is 2. The minimum Gasteiger partial charge on any atom is -0.467 e. The van der Waals surface area contributed by atoms with Crippen molar-refractivity contribution in [2.24, 2.45) is 5.92 Å². The molecule has 0 aliphatic rings. The molecule has 12 heteroatoms. The van der Waals surface area contributed by atoms with E-state index in [1.54, 1.807) is 13.8 Å². The van der Waals surface area contributed by atoms with Crippen LogP contribution >= 0.6 is 0 Å². The molecule has 1 aromatic carbocycles. The molecule has 0 aliphatic carbocycles. The van der Waals surface area contributed by atoms with Crippen LogP contribution in [0.25, 0.3) is 0 Å². The Hall–Kier alpha value is -3.31. The monoisotopic (exact) mass is 491 g/mol. The first-order valence-electron chi connectivity index (χ1n) is 10.1. The van der Waals surface area contributed by atoms with E-state index in [9.17, 15) is 35.9 Å². The number of methoxy groups -OCH3 is 1. The summed E-state index contributed by atoms with van der Waals surface area (Å²) in [6, 6.07) is 1.37. The lowest BCUT2D eigenvalue weighted by Crippen LogP contribution is -2.50. The van der Waals surface area contributed by atoms with Gasteiger partial charge in [-0.15, -0.1) is 0 Å². The highest BCUT2D eigenvalue weighted by atomic mass is 19.4. The van der Waals surface area contributed by atoms with Crippen molar-refractivity contribution in [2.75, 3.05) is 7.11 Å². The zero-order valence-electron chi connectivity index (χ0n) is 18.4. The topological polar surface area (TPSA) is 80.3 Å². The number of hydrogen-bond acceptors (Lipinski definition) is 4. The van der Waals surface area contributed by atoms with Gasteiger partial charge in [-0.3, -0.25) is 4.98 Å². The van der Waals surface area contributed by atoms with Crippen molar-refractivity contribution in [1.29, 1.82) is 0 Å². The van der Waals surface area contributed by atoms with Crippen LogP contribution in [0.2, 0.25) is 0 Å². The molecule has 6 nitrogen and oxygen atoms in total. The molecule has 0 saturated carbocycles. The molecule has 2 amide bonds. The maximum atomic E-state index is 13.6. The van der Waals surface area contributed by atoms with E-state index in [1.165, 1.54) is 0 Å². The standard InChI is InChI=1S/C22H23F6N3O3/c1-4-12(2)16(19(32)34-3)30-20(33)31-17(13-7-9-14(10-8-13)21(23,24)25)18-15(22(26,27)28)6-5-11-29-18/h5-12,16-17H,4H2,1-3H3,(H2,30,31,33). The Morgan fingerprint density at radius 3 is 2.12 bits per heavy atom. The van der Waals surface area contributed by atoms with Crippen LogP contribution in [-0.4, -0.2) is 30.1 Å². The predicted molar refractivity (Wildman–Crippen MR) is 109 cm³/mol. The van der Waals surface area contributed by atoms with E-state index in [1.807, 2.05) is 0 Å². The van der Waals surface area contributed by atoms with Crippen molar-refractivity contribution in [3.63, 3.8) is 0 Å². The minimum atomic E-state index is -4.85. The molecule has 0 radical (unpaired) electrons. The summed E-state index contributed by atoms with van der Waals surface area (Å²) in [6.07, 6.45) is -7.97. The Labute approximate surface area is 191 Å². The van der Waals surface area contributed by atoms with E-state index >= 15 is 0 Å². The second-order valence-corrected chi connectivity index (χ2v) is 7.49. The second kappa shape index (κ2) is 10.7. The molecule has 0 aliphatic heterocycles. The number of ether oxygens (including phenoxy) is 1. The zero-order chi connectivity index (χ0) is 25.7. The van der Waals surface area contributed by atoms with E-state index in [0.717, 1.165) is 37.6 Å². The van der Waals surface area contributed by atoms with Gasteiger partial charge in [0, 0.05) is 6.20 Å². The van der Waals surface area contributed by atoms with Crippen LogP contribution in [0, 0.1) is 5.92 Å². The lowest BCUT2D eigenvalue weighted by atomic mass is 9.97. The third-order valence-corrected chi connectivity index (χ3v) is 5.22. The van der Waals surface area contributed by atoms with Gasteiger partial charge < -0.3 is 15.4 Å². The van der Waals surface area contributed by atoms with Gasteiger partial charge in [-0.25, -0.2) is 9.59 Å². The van der Waals surface area contributed by atoms with Gasteiger partial charge in [0.15, 0.2) is 0 Å². The summed E-state index contributed by atoms with van der Waals surface area (Å²) in [6.45, 7) is 3.42. The first-order valence-corrected chi connectivity index (χ1v) is 10.1. The number of benzene rings is 1. The molecular weight excluding hydrogens is 468 g/mol. The van der Waals surface area contributed by atoms with Crippen LogP contribution in [-0.2, 0) is 21.9 Å². The molecule has 3 unspecified atom stereocenters. The molecule has 2 rings (SSSR count). The maximum absolute atomic E-state index is 13.6. The number of rotatable bonds is 7. The summed E-state index contributed by atoms with van der Waals surface area (Å²) < 4.78 is 84.4. The number of alkyl halides is 6. The van der Waals surface area contributed by atoms with Crippen LogP contribution in [0.1, 0.15) is 48.7 Å². The van der Waals surface area contributed by atoms with Crippen molar-refractivity contribution in [1.82, 2.24) is 15.6 Å². The Balaban J connectivity index is 2.49. The van der Waals surface area contributed by atoms with E-state index in [2.05, 4.69) is 20.4 Å². The van der Waals surface area contributed by atoms with Crippen LogP contribution in [0.3, 0.4) is 0 Å². The quantitative estimate of drug-likeness (QED) is 0.418. The molecule has 186 valence electrons. The molecule has 2 N–H and O–H groups in total. The normalized spacial score (nSPS) is 14.6. The summed E-state index contributed by atoms with van der Waals surface area (Å²) in [4.78, 5) is 28.5. The number of esters is 1. The van der Waals surface area contributed by atoms with Crippen molar-refractivity contribution in [3.8, 4) is 0 Å². The van der Waals surface area contributed by atoms with Gasteiger partial charge in [-0.05, 0) is 35.7 Å². The molecule has 3 atom stereocenters. The second-order valence-electron chi connectivity index (χ2n) is 7.49. The number of aromatic nitrogens is 1. The largest absolute Gasteiger partial charge is 0.467 e. The Morgan fingerprint density at radius 1 is 1.00 bits per heavy atom. The number of pyridine rings is 1. The Bertz CT molecular complexity index is 993. The van der Waals surface area contributed by atoms with Crippen LogP contribution in [0.5, 0.6) is 0 Å². The van der Waals surface area contributed by atoms with Gasteiger partial charge >= 0.3 is 24.4 Å². The number of amides is 2. The summed E-state index contributed by atoms with van der Waals surface area (Å²) in [5.41, 5.74) is -2.89. The van der Waals surface area contributed by atoms with Crippen molar-refractivity contribution < 1.29 is 40.7 Å². The summed E-state index contributed by atoms with van der Waals surface area (Å²) >= 11 is 0. The Morgan fingerprint density at radius 2 is 1.62 bits per heavy atom. The summed E-state index contributed by atoms with van der Waals surface area (Å²) in [7, 11) is 1.12. The predicted octanol–water partition coefficient (Wildman–Crippen LogP) is 5.10. The molecule has 1 aromatic heterocycles. The van der Waals surface area contributed by atoms with Gasteiger partial charge in [0.05, 0.1) is 30.0 Å². The highest BCUT2D eigenvalue weighted by molar-refractivity contribution is 5.84. The molecule has 1 heterocycles. The number of nitrogens with zero attached hydrogens (tertiary/aromatic N) is 1. The van der Waals surface area contributed by atoms with Crippen molar-refractivity contribution >= 4 is 12.0 Å². The molecule has 2 aromatic rings. The molecule has 0 bridgehead atoms. The van der Waals surface area contributed by atoms with Crippen LogP contribution < -0.4 is 10.6 Å². The molecule has 34 heavy (non-hydrogen) atoms. The van der Waals surface area contributed by atoms with Gasteiger partial charge in [0.2, 0.25) is 0 Å². The van der Waals surface area contributed by atoms with Gasteiger partial charge in [0.25, 0.3) is 0 Å². The molecule has 0 fully saturated rings. The fraction of sp³-hybridized carbons (Fsp3) is 0.409. The zero-order valence-corrected chi connectivity index (χ0v) is 18.4. The smallest absolute Gasteiger partial charge is 0.418 e. The minimum absolute atomic E-state index is 0.0782. The van der Waals surface area contributed by atoms with Crippen molar-refractivity contribution in [2.45, 2.75) is 44.7 Å². The number of nitrogens with one attached hydrogen (secondary N) is 2. The summed E-state index contributed by atoms with van der Waals surface area (Å²) in [5, 5.41) is 4.68. The lowest BCUT2D eigenvalue weighted by Gasteiger charge is -2.26. The average Bonchev–Trinajstić information content (AvgIpc) is 2.79. The number of urea groups is 1. The highest BCUT2D eigenvalue weighted by Gasteiger charge is 2.38. The molecule has 0 saturated heterocycles. The average molecular weight is 491 g/mol. The maximum Gasteiger partial charge on any atom is 0.418 e. The third-order valence-electron chi connectivity index (χ3n) is 5.22. The van der Waals surface area contributed by atoms with E-state index in [-0.39, 0.29) is 11.5 Å². The van der Waals surface area contributed by atoms with Crippen molar-refractivity contribution in [3.05, 3.63) is 65.0 Å². The highest BCUT2D eigenvalue weighted by Crippen LogP contribution is 2.36. The Kier molecular flexibility index (Phi) is 8.51. The first kappa shape index (κ1) is 26.9. The third kappa shape index (κ3) is 6.61. The fourth-order valence-corrected chi connectivity index (χ4v) is 3.17.